The molecular formula is C20H17N3O3S. The van der Waals surface area contributed by atoms with E-state index in [0.717, 1.165) is 11.3 Å². The third-order valence-electron chi connectivity index (χ3n) is 3.78. The van der Waals surface area contributed by atoms with Crippen LogP contribution in [0.1, 0.15) is 30.9 Å². The summed E-state index contributed by atoms with van der Waals surface area (Å²) in [7, 11) is 0. The van der Waals surface area contributed by atoms with Crippen LogP contribution in [0.25, 0.3) is 0 Å². The minimum Gasteiger partial charge on any atom is -0.365 e. The summed E-state index contributed by atoms with van der Waals surface area (Å²) in [5, 5.41) is 5.53. The minimum absolute atomic E-state index is 0.283. The average Bonchev–Trinajstić information content (AvgIpc) is 3.18. The predicted molar refractivity (Wildman–Crippen MR) is 105 cm³/mol. The SMILES string of the molecule is NC(=O)c1ccc(C(=O)N[C@H](C(=O)Nc2ccccc2)c2ccccc2)s1. The molecule has 0 aliphatic rings. The van der Waals surface area contributed by atoms with Gasteiger partial charge in [-0.1, -0.05) is 48.5 Å². The van der Waals surface area contributed by atoms with E-state index in [1.807, 2.05) is 24.3 Å². The van der Waals surface area contributed by atoms with Crippen molar-refractivity contribution in [2.45, 2.75) is 6.04 Å². The number of carbonyl (C=O) groups is 3. The van der Waals surface area contributed by atoms with Gasteiger partial charge in [-0.2, -0.15) is 0 Å². The Morgan fingerprint density at radius 1 is 0.815 bits per heavy atom. The molecule has 0 radical (unpaired) electrons. The highest BCUT2D eigenvalue weighted by atomic mass is 32.1. The van der Waals surface area contributed by atoms with Crippen molar-refractivity contribution in [1.82, 2.24) is 5.32 Å². The molecule has 3 aromatic rings. The van der Waals surface area contributed by atoms with Gasteiger partial charge in [0.2, 0.25) is 0 Å². The third kappa shape index (κ3) is 4.59. The zero-order valence-electron chi connectivity index (χ0n) is 14.2. The molecule has 0 saturated carbocycles. The lowest BCUT2D eigenvalue weighted by Crippen LogP contribution is -2.36. The van der Waals surface area contributed by atoms with E-state index in [-0.39, 0.29) is 10.8 Å². The standard InChI is InChI=1S/C20H17N3O3S/c21-18(24)15-11-12-16(27-15)19(25)23-17(13-7-3-1-4-8-13)20(26)22-14-9-5-2-6-10-14/h1-12,17H,(H2,21,24)(H,22,26)(H,23,25)/t17-/m0/s1. The molecule has 0 aliphatic heterocycles. The summed E-state index contributed by atoms with van der Waals surface area (Å²) in [6.45, 7) is 0. The molecule has 0 bridgehead atoms. The first-order valence-electron chi connectivity index (χ1n) is 8.16. The molecule has 3 rings (SSSR count). The van der Waals surface area contributed by atoms with Gasteiger partial charge in [-0.25, -0.2) is 0 Å². The highest BCUT2D eigenvalue weighted by molar-refractivity contribution is 7.15. The summed E-state index contributed by atoms with van der Waals surface area (Å²) in [5.41, 5.74) is 6.50. The van der Waals surface area contributed by atoms with Crippen LogP contribution >= 0.6 is 11.3 Å². The molecule has 3 amide bonds. The quantitative estimate of drug-likeness (QED) is 0.614. The first kappa shape index (κ1) is 18.3. The predicted octanol–water partition coefficient (Wildman–Crippen LogP) is 2.96. The Kier molecular flexibility index (Phi) is 5.63. The smallest absolute Gasteiger partial charge is 0.262 e. The summed E-state index contributed by atoms with van der Waals surface area (Å²) < 4.78 is 0. The summed E-state index contributed by atoms with van der Waals surface area (Å²) in [6, 6.07) is 20.0. The number of hydrogen-bond acceptors (Lipinski definition) is 4. The Balaban J connectivity index is 1.82. The number of thiophene rings is 1. The number of nitrogens with one attached hydrogen (secondary N) is 2. The number of amides is 3. The number of nitrogens with two attached hydrogens (primary N) is 1. The van der Waals surface area contributed by atoms with Crippen LogP contribution in [0.2, 0.25) is 0 Å². The van der Waals surface area contributed by atoms with Gasteiger partial charge in [0.1, 0.15) is 6.04 Å². The first-order chi connectivity index (χ1) is 13.0. The van der Waals surface area contributed by atoms with Gasteiger partial charge in [-0.15, -0.1) is 11.3 Å². The molecule has 1 heterocycles. The molecule has 1 aromatic heterocycles. The monoisotopic (exact) mass is 379 g/mol. The van der Waals surface area contributed by atoms with Crippen LogP contribution in [0, 0.1) is 0 Å². The summed E-state index contributed by atoms with van der Waals surface area (Å²) in [6.07, 6.45) is 0. The molecule has 7 heteroatoms. The minimum atomic E-state index is -0.891. The maximum absolute atomic E-state index is 12.8. The number of primary amides is 1. The van der Waals surface area contributed by atoms with Crippen molar-refractivity contribution in [3.8, 4) is 0 Å². The molecule has 0 saturated heterocycles. The Morgan fingerprint density at radius 3 is 2.00 bits per heavy atom. The molecule has 0 fully saturated rings. The van der Waals surface area contributed by atoms with Crippen molar-refractivity contribution in [3.63, 3.8) is 0 Å². The summed E-state index contributed by atoms with van der Waals surface area (Å²) >= 11 is 0.984. The number of carbonyl (C=O) groups excluding carboxylic acids is 3. The zero-order valence-corrected chi connectivity index (χ0v) is 15.0. The highest BCUT2D eigenvalue weighted by Crippen LogP contribution is 2.20. The second-order valence-electron chi connectivity index (χ2n) is 5.70. The van der Waals surface area contributed by atoms with Crippen LogP contribution in [0.15, 0.2) is 72.8 Å². The molecule has 0 unspecified atom stereocenters. The molecule has 1 atom stereocenters. The lowest BCUT2D eigenvalue weighted by atomic mass is 10.1. The van der Waals surface area contributed by atoms with Crippen molar-refractivity contribution in [3.05, 3.63) is 88.1 Å². The Bertz CT molecular complexity index is 955. The Morgan fingerprint density at radius 2 is 1.41 bits per heavy atom. The van der Waals surface area contributed by atoms with Crippen LogP contribution in [-0.2, 0) is 4.79 Å². The van der Waals surface area contributed by atoms with E-state index < -0.39 is 17.9 Å². The number of hydrogen-bond donors (Lipinski definition) is 3. The molecule has 6 nitrogen and oxygen atoms in total. The second-order valence-corrected chi connectivity index (χ2v) is 6.78. The fourth-order valence-corrected chi connectivity index (χ4v) is 3.24. The molecule has 4 N–H and O–H groups in total. The molecule has 27 heavy (non-hydrogen) atoms. The van der Waals surface area contributed by atoms with Crippen molar-refractivity contribution >= 4 is 34.7 Å². The van der Waals surface area contributed by atoms with E-state index in [1.165, 1.54) is 12.1 Å². The molecular weight excluding hydrogens is 362 g/mol. The molecule has 2 aromatic carbocycles. The number of rotatable bonds is 6. The van der Waals surface area contributed by atoms with E-state index in [1.54, 1.807) is 36.4 Å². The van der Waals surface area contributed by atoms with Gasteiger partial charge in [-0.3, -0.25) is 14.4 Å². The zero-order chi connectivity index (χ0) is 19.2. The van der Waals surface area contributed by atoms with Crippen molar-refractivity contribution in [2.75, 3.05) is 5.32 Å². The van der Waals surface area contributed by atoms with E-state index in [2.05, 4.69) is 10.6 Å². The number of para-hydroxylation sites is 1. The summed E-state index contributed by atoms with van der Waals surface area (Å²) in [4.78, 5) is 37.2. The second kappa shape index (κ2) is 8.29. The average molecular weight is 379 g/mol. The Hall–Kier alpha value is -3.45. The van der Waals surface area contributed by atoms with Gasteiger partial charge >= 0.3 is 0 Å². The Labute approximate surface area is 160 Å². The van der Waals surface area contributed by atoms with E-state index in [4.69, 9.17) is 5.73 Å². The van der Waals surface area contributed by atoms with Gasteiger partial charge in [0, 0.05) is 5.69 Å². The van der Waals surface area contributed by atoms with Gasteiger partial charge < -0.3 is 16.4 Å². The normalized spacial score (nSPS) is 11.4. The molecule has 136 valence electrons. The van der Waals surface area contributed by atoms with Gasteiger partial charge in [0.05, 0.1) is 9.75 Å². The third-order valence-corrected chi connectivity index (χ3v) is 4.88. The van der Waals surface area contributed by atoms with Gasteiger partial charge in [-0.05, 0) is 29.8 Å². The van der Waals surface area contributed by atoms with Crippen LogP contribution in [0.5, 0.6) is 0 Å². The highest BCUT2D eigenvalue weighted by Gasteiger charge is 2.24. The maximum Gasteiger partial charge on any atom is 0.262 e. The maximum atomic E-state index is 12.8. The molecule has 0 aliphatic carbocycles. The van der Waals surface area contributed by atoms with Crippen LogP contribution in [0.3, 0.4) is 0 Å². The van der Waals surface area contributed by atoms with Gasteiger partial charge in [0.15, 0.2) is 0 Å². The van der Waals surface area contributed by atoms with E-state index >= 15 is 0 Å². The van der Waals surface area contributed by atoms with Crippen molar-refractivity contribution in [2.24, 2.45) is 5.73 Å². The van der Waals surface area contributed by atoms with E-state index in [0.29, 0.717) is 16.1 Å². The summed E-state index contributed by atoms with van der Waals surface area (Å²) in [5.74, 6) is -1.42. The van der Waals surface area contributed by atoms with Gasteiger partial charge in [0.25, 0.3) is 17.7 Å². The lowest BCUT2D eigenvalue weighted by Gasteiger charge is -2.18. The van der Waals surface area contributed by atoms with Crippen LogP contribution in [-0.4, -0.2) is 17.7 Å². The fraction of sp³-hybridized carbons (Fsp3) is 0.0500. The van der Waals surface area contributed by atoms with E-state index in [9.17, 15) is 14.4 Å². The first-order valence-corrected chi connectivity index (χ1v) is 8.97. The fourth-order valence-electron chi connectivity index (χ4n) is 2.48. The van der Waals surface area contributed by atoms with Crippen LogP contribution < -0.4 is 16.4 Å². The lowest BCUT2D eigenvalue weighted by molar-refractivity contribution is -0.118. The van der Waals surface area contributed by atoms with Crippen LogP contribution in [0.4, 0.5) is 5.69 Å². The van der Waals surface area contributed by atoms with Crippen molar-refractivity contribution < 1.29 is 14.4 Å². The largest absolute Gasteiger partial charge is 0.365 e. The number of anilines is 1. The van der Waals surface area contributed by atoms with Crippen molar-refractivity contribution in [1.29, 1.82) is 0 Å². The molecule has 0 spiro atoms. The number of benzene rings is 2. The topological polar surface area (TPSA) is 101 Å².